The predicted molar refractivity (Wildman–Crippen MR) is 127 cm³/mol. The third-order valence-corrected chi connectivity index (χ3v) is 5.07. The SMILES string of the molecule is CC(C)CC(NC(=O)C(N)CC(=O)O)C(=O)NC(Cc1ccc(O)cc1)C(=O)NC(CC(=O)O)C(=O)O. The zero-order valence-corrected chi connectivity index (χ0v) is 20.3. The average molecular weight is 525 g/mol. The van der Waals surface area contributed by atoms with Gasteiger partial charge in [-0.1, -0.05) is 26.0 Å². The number of hydrogen-bond donors (Lipinski definition) is 8. The minimum absolute atomic E-state index is 0.0569. The summed E-state index contributed by atoms with van der Waals surface area (Å²) < 4.78 is 0. The maximum absolute atomic E-state index is 13.1. The Morgan fingerprint density at radius 3 is 1.73 bits per heavy atom. The van der Waals surface area contributed by atoms with Crippen LogP contribution in [0.2, 0.25) is 0 Å². The fourth-order valence-corrected chi connectivity index (χ4v) is 3.26. The highest BCUT2D eigenvalue weighted by molar-refractivity contribution is 5.95. The Morgan fingerprint density at radius 2 is 1.24 bits per heavy atom. The molecule has 0 aliphatic heterocycles. The molecule has 204 valence electrons. The third kappa shape index (κ3) is 11.4. The molecule has 14 heteroatoms. The Balaban J connectivity index is 3.17. The van der Waals surface area contributed by atoms with E-state index >= 15 is 0 Å². The number of hydrogen-bond acceptors (Lipinski definition) is 8. The molecule has 0 aliphatic carbocycles. The zero-order valence-electron chi connectivity index (χ0n) is 20.3. The van der Waals surface area contributed by atoms with Crippen molar-refractivity contribution in [3.05, 3.63) is 29.8 Å². The standard InChI is InChI=1S/C23H32N4O10/c1-11(2)7-15(25-20(33)14(24)9-18(29)30)21(34)26-16(8-12-3-5-13(28)6-4-12)22(35)27-17(23(36)37)10-19(31)32/h3-6,11,14-17,28H,7-10,24H2,1-2H3,(H,25,33)(H,26,34)(H,27,35)(H,29,30)(H,31,32)(H,36,37). The molecular weight excluding hydrogens is 492 g/mol. The summed E-state index contributed by atoms with van der Waals surface area (Å²) in [5.74, 6) is -7.27. The van der Waals surface area contributed by atoms with Gasteiger partial charge in [0.2, 0.25) is 17.7 Å². The van der Waals surface area contributed by atoms with Gasteiger partial charge in [-0.05, 0) is 30.0 Å². The molecule has 3 amide bonds. The lowest BCUT2D eigenvalue weighted by molar-refractivity contribution is -0.147. The average Bonchev–Trinajstić information content (AvgIpc) is 2.77. The number of phenols is 1. The smallest absolute Gasteiger partial charge is 0.326 e. The van der Waals surface area contributed by atoms with Crippen molar-refractivity contribution in [2.75, 3.05) is 0 Å². The Kier molecular flexibility index (Phi) is 12.0. The minimum Gasteiger partial charge on any atom is -0.508 e. The van der Waals surface area contributed by atoms with Crippen LogP contribution in [-0.2, 0) is 35.2 Å². The number of benzene rings is 1. The van der Waals surface area contributed by atoms with E-state index in [9.17, 15) is 39.0 Å². The summed E-state index contributed by atoms with van der Waals surface area (Å²) in [7, 11) is 0. The van der Waals surface area contributed by atoms with Crippen molar-refractivity contribution >= 4 is 35.6 Å². The van der Waals surface area contributed by atoms with Gasteiger partial charge in [0.05, 0.1) is 18.9 Å². The lowest BCUT2D eigenvalue weighted by Gasteiger charge is -2.26. The molecule has 0 aromatic heterocycles. The molecule has 0 heterocycles. The van der Waals surface area contributed by atoms with E-state index in [4.69, 9.17) is 15.9 Å². The van der Waals surface area contributed by atoms with Crippen LogP contribution in [0, 0.1) is 5.92 Å². The number of carbonyl (C=O) groups excluding carboxylic acids is 3. The summed E-state index contributed by atoms with van der Waals surface area (Å²) in [6.07, 6.45) is -1.65. The van der Waals surface area contributed by atoms with Crippen molar-refractivity contribution in [3.8, 4) is 5.75 Å². The second kappa shape index (κ2) is 14.4. The number of carbonyl (C=O) groups is 6. The van der Waals surface area contributed by atoms with Gasteiger partial charge in [-0.3, -0.25) is 24.0 Å². The van der Waals surface area contributed by atoms with Gasteiger partial charge in [0.15, 0.2) is 0 Å². The van der Waals surface area contributed by atoms with E-state index in [0.29, 0.717) is 5.56 Å². The lowest BCUT2D eigenvalue weighted by atomic mass is 10.00. The van der Waals surface area contributed by atoms with E-state index < -0.39 is 72.6 Å². The van der Waals surface area contributed by atoms with Crippen LogP contribution < -0.4 is 21.7 Å². The van der Waals surface area contributed by atoms with Crippen LogP contribution in [0.4, 0.5) is 0 Å². The molecule has 0 fully saturated rings. The number of aliphatic carboxylic acids is 3. The van der Waals surface area contributed by atoms with Crippen molar-refractivity contribution in [1.82, 2.24) is 16.0 Å². The number of nitrogens with two attached hydrogens (primary N) is 1. The van der Waals surface area contributed by atoms with Crippen LogP contribution in [0.3, 0.4) is 0 Å². The number of aromatic hydroxyl groups is 1. The van der Waals surface area contributed by atoms with Gasteiger partial charge < -0.3 is 42.1 Å². The van der Waals surface area contributed by atoms with Gasteiger partial charge in [-0.15, -0.1) is 0 Å². The van der Waals surface area contributed by atoms with E-state index in [2.05, 4.69) is 16.0 Å². The van der Waals surface area contributed by atoms with Gasteiger partial charge in [0.25, 0.3) is 0 Å². The van der Waals surface area contributed by atoms with Gasteiger partial charge >= 0.3 is 17.9 Å². The monoisotopic (exact) mass is 524 g/mol. The van der Waals surface area contributed by atoms with Gasteiger partial charge in [0, 0.05) is 6.42 Å². The highest BCUT2D eigenvalue weighted by atomic mass is 16.4. The summed E-state index contributed by atoms with van der Waals surface area (Å²) in [5.41, 5.74) is 6.04. The largest absolute Gasteiger partial charge is 0.508 e. The highest BCUT2D eigenvalue weighted by Gasteiger charge is 2.32. The molecule has 1 aromatic rings. The second-order valence-electron chi connectivity index (χ2n) is 8.82. The van der Waals surface area contributed by atoms with Crippen molar-refractivity contribution in [2.24, 2.45) is 11.7 Å². The molecule has 0 aliphatic rings. The van der Waals surface area contributed by atoms with Crippen molar-refractivity contribution in [3.63, 3.8) is 0 Å². The molecule has 9 N–H and O–H groups in total. The van der Waals surface area contributed by atoms with E-state index in [1.807, 2.05) is 0 Å². The summed E-state index contributed by atoms with van der Waals surface area (Å²) in [6, 6.07) is -0.209. The highest BCUT2D eigenvalue weighted by Crippen LogP contribution is 2.13. The normalized spacial score (nSPS) is 14.1. The Bertz CT molecular complexity index is 996. The van der Waals surface area contributed by atoms with Crippen LogP contribution in [0.5, 0.6) is 5.75 Å². The predicted octanol–water partition coefficient (Wildman–Crippen LogP) is -1.20. The van der Waals surface area contributed by atoms with Gasteiger partial charge in [-0.2, -0.15) is 0 Å². The van der Waals surface area contributed by atoms with Crippen LogP contribution in [0.1, 0.15) is 38.7 Å². The fraction of sp³-hybridized carbons (Fsp3) is 0.478. The van der Waals surface area contributed by atoms with Crippen LogP contribution in [0.25, 0.3) is 0 Å². The molecular formula is C23H32N4O10. The van der Waals surface area contributed by atoms with Crippen molar-refractivity contribution < 1.29 is 49.2 Å². The van der Waals surface area contributed by atoms with Crippen LogP contribution in [-0.4, -0.2) is 80.2 Å². The number of amides is 3. The summed E-state index contributed by atoms with van der Waals surface area (Å²) in [4.78, 5) is 71.6. The number of nitrogens with one attached hydrogen (secondary N) is 3. The van der Waals surface area contributed by atoms with E-state index in [0.717, 1.165) is 0 Å². The summed E-state index contributed by atoms with van der Waals surface area (Å²) in [6.45, 7) is 3.52. The molecule has 0 radical (unpaired) electrons. The van der Waals surface area contributed by atoms with E-state index in [-0.39, 0.29) is 24.5 Å². The maximum atomic E-state index is 13.1. The first-order valence-electron chi connectivity index (χ1n) is 11.3. The van der Waals surface area contributed by atoms with E-state index in [1.54, 1.807) is 13.8 Å². The molecule has 4 unspecified atom stereocenters. The van der Waals surface area contributed by atoms with Gasteiger partial charge in [-0.25, -0.2) is 4.79 Å². The Morgan fingerprint density at radius 1 is 0.757 bits per heavy atom. The molecule has 0 bridgehead atoms. The number of rotatable bonds is 15. The molecule has 37 heavy (non-hydrogen) atoms. The van der Waals surface area contributed by atoms with Crippen LogP contribution >= 0.6 is 0 Å². The number of carboxylic acid groups (broad SMARTS) is 3. The first kappa shape index (κ1) is 30.8. The minimum atomic E-state index is -1.77. The Labute approximate surface area is 212 Å². The molecule has 4 atom stereocenters. The maximum Gasteiger partial charge on any atom is 0.326 e. The molecule has 1 aromatic carbocycles. The molecule has 0 spiro atoms. The third-order valence-electron chi connectivity index (χ3n) is 5.07. The molecule has 1 rings (SSSR count). The fourth-order valence-electron chi connectivity index (χ4n) is 3.26. The lowest BCUT2D eigenvalue weighted by Crippen LogP contribution is -2.58. The topological polar surface area (TPSA) is 245 Å². The number of carboxylic acids is 3. The second-order valence-corrected chi connectivity index (χ2v) is 8.82. The van der Waals surface area contributed by atoms with Crippen molar-refractivity contribution in [2.45, 2.75) is 63.7 Å². The Hall–Kier alpha value is -4.20. The summed E-state index contributed by atoms with van der Waals surface area (Å²) in [5, 5.41) is 43.4. The van der Waals surface area contributed by atoms with Gasteiger partial charge in [0.1, 0.15) is 23.9 Å². The summed E-state index contributed by atoms with van der Waals surface area (Å²) >= 11 is 0. The molecule has 0 saturated heterocycles. The zero-order chi connectivity index (χ0) is 28.3. The van der Waals surface area contributed by atoms with Crippen molar-refractivity contribution in [1.29, 1.82) is 0 Å². The van der Waals surface area contributed by atoms with Crippen LogP contribution in [0.15, 0.2) is 24.3 Å². The number of phenolic OH excluding ortho intramolecular Hbond substituents is 1. The quantitative estimate of drug-likeness (QED) is 0.135. The first-order chi connectivity index (χ1) is 17.2. The molecule has 0 saturated carbocycles. The van der Waals surface area contributed by atoms with E-state index in [1.165, 1.54) is 24.3 Å². The molecule has 14 nitrogen and oxygen atoms in total. The first-order valence-corrected chi connectivity index (χ1v) is 11.3.